The van der Waals surface area contributed by atoms with E-state index in [0.717, 1.165) is 30.0 Å². The quantitative estimate of drug-likeness (QED) is 0.585. The SMILES string of the molecule is COc1ccc(C(CNC(=O)Cc2ccc(-c3ccccc3)cc2)N2CCOCC2)cc1. The highest BCUT2D eigenvalue weighted by Gasteiger charge is 2.23. The number of morpholine rings is 1. The first-order valence-electron chi connectivity index (χ1n) is 11.1. The van der Waals surface area contributed by atoms with E-state index < -0.39 is 0 Å². The number of nitrogens with one attached hydrogen (secondary N) is 1. The Hall–Kier alpha value is -3.15. The Balaban J connectivity index is 1.38. The molecule has 1 saturated heterocycles. The van der Waals surface area contributed by atoms with Gasteiger partial charge in [-0.05, 0) is 34.4 Å². The van der Waals surface area contributed by atoms with Crippen molar-refractivity contribution in [2.75, 3.05) is 40.0 Å². The summed E-state index contributed by atoms with van der Waals surface area (Å²) in [7, 11) is 1.67. The lowest BCUT2D eigenvalue weighted by molar-refractivity contribution is -0.120. The van der Waals surface area contributed by atoms with Gasteiger partial charge in [-0.25, -0.2) is 0 Å². The summed E-state index contributed by atoms with van der Waals surface area (Å²) in [4.78, 5) is 15.1. The molecular weight excluding hydrogens is 400 g/mol. The van der Waals surface area contributed by atoms with Crippen LogP contribution in [0.2, 0.25) is 0 Å². The van der Waals surface area contributed by atoms with Gasteiger partial charge in [0.05, 0.1) is 32.8 Å². The summed E-state index contributed by atoms with van der Waals surface area (Å²) in [6.45, 7) is 3.71. The maximum absolute atomic E-state index is 12.7. The van der Waals surface area contributed by atoms with Crippen LogP contribution in [0.1, 0.15) is 17.2 Å². The molecule has 4 rings (SSSR count). The Morgan fingerprint density at radius 1 is 0.938 bits per heavy atom. The van der Waals surface area contributed by atoms with Gasteiger partial charge < -0.3 is 14.8 Å². The fourth-order valence-electron chi connectivity index (χ4n) is 4.08. The molecule has 3 aromatic carbocycles. The molecule has 0 radical (unpaired) electrons. The van der Waals surface area contributed by atoms with E-state index in [0.29, 0.717) is 26.2 Å². The third kappa shape index (κ3) is 5.75. The summed E-state index contributed by atoms with van der Waals surface area (Å²) in [6.07, 6.45) is 0.369. The zero-order valence-electron chi connectivity index (χ0n) is 18.5. The van der Waals surface area contributed by atoms with Crippen LogP contribution in [0.5, 0.6) is 5.75 Å². The van der Waals surface area contributed by atoms with Crippen LogP contribution in [0.15, 0.2) is 78.9 Å². The molecule has 0 spiro atoms. The maximum Gasteiger partial charge on any atom is 0.224 e. The van der Waals surface area contributed by atoms with Gasteiger partial charge in [-0.15, -0.1) is 0 Å². The number of carbonyl (C=O) groups excluding carboxylic acids is 1. The number of ether oxygens (including phenoxy) is 2. The van der Waals surface area contributed by atoms with Crippen LogP contribution in [0.3, 0.4) is 0 Å². The van der Waals surface area contributed by atoms with Gasteiger partial charge in [-0.2, -0.15) is 0 Å². The van der Waals surface area contributed by atoms with E-state index >= 15 is 0 Å². The van der Waals surface area contributed by atoms with E-state index in [4.69, 9.17) is 9.47 Å². The summed E-state index contributed by atoms with van der Waals surface area (Å²) in [6, 6.07) is 26.7. The lowest BCUT2D eigenvalue weighted by Crippen LogP contribution is -2.44. The van der Waals surface area contributed by atoms with Crippen molar-refractivity contribution in [3.63, 3.8) is 0 Å². The average Bonchev–Trinajstić information content (AvgIpc) is 2.86. The third-order valence-corrected chi connectivity index (χ3v) is 5.91. The second-order valence-electron chi connectivity index (χ2n) is 7.98. The first-order chi connectivity index (χ1) is 15.7. The van der Waals surface area contributed by atoms with E-state index in [-0.39, 0.29) is 11.9 Å². The van der Waals surface area contributed by atoms with Crippen LogP contribution in [-0.2, 0) is 16.0 Å². The minimum atomic E-state index is 0.0317. The van der Waals surface area contributed by atoms with Crippen molar-refractivity contribution < 1.29 is 14.3 Å². The van der Waals surface area contributed by atoms with E-state index in [9.17, 15) is 4.79 Å². The van der Waals surface area contributed by atoms with Gasteiger partial charge in [0.15, 0.2) is 0 Å². The Labute approximate surface area is 190 Å². The first kappa shape index (κ1) is 22.1. The molecule has 0 aromatic heterocycles. The van der Waals surface area contributed by atoms with E-state index in [2.05, 4.69) is 46.6 Å². The molecule has 0 saturated carbocycles. The molecule has 1 aliphatic heterocycles. The molecule has 5 nitrogen and oxygen atoms in total. The zero-order chi connectivity index (χ0) is 22.2. The molecule has 1 amide bonds. The smallest absolute Gasteiger partial charge is 0.224 e. The van der Waals surface area contributed by atoms with E-state index in [1.54, 1.807) is 7.11 Å². The molecule has 3 aromatic rings. The van der Waals surface area contributed by atoms with Crippen molar-refractivity contribution in [2.45, 2.75) is 12.5 Å². The van der Waals surface area contributed by atoms with Crippen LogP contribution >= 0.6 is 0 Å². The standard InChI is InChI=1S/C27H30N2O3/c1-31-25-13-11-24(12-14-25)26(29-15-17-32-18-16-29)20-28-27(30)19-21-7-9-23(10-8-21)22-5-3-2-4-6-22/h2-14,26H,15-20H2,1H3,(H,28,30). The fraction of sp³-hybridized carbons (Fsp3) is 0.296. The monoisotopic (exact) mass is 430 g/mol. The van der Waals surface area contributed by atoms with E-state index in [1.165, 1.54) is 11.1 Å². The van der Waals surface area contributed by atoms with Gasteiger partial charge in [0, 0.05) is 19.6 Å². The number of rotatable bonds is 8. The second-order valence-corrected chi connectivity index (χ2v) is 7.98. The Morgan fingerprint density at radius 2 is 1.59 bits per heavy atom. The van der Waals surface area contributed by atoms with Gasteiger partial charge in [-0.1, -0.05) is 66.7 Å². The molecule has 166 valence electrons. The minimum Gasteiger partial charge on any atom is -0.497 e. The van der Waals surface area contributed by atoms with Crippen molar-refractivity contribution in [1.29, 1.82) is 0 Å². The lowest BCUT2D eigenvalue weighted by Gasteiger charge is -2.35. The maximum atomic E-state index is 12.7. The topological polar surface area (TPSA) is 50.8 Å². The molecule has 1 unspecified atom stereocenters. The summed E-state index contributed by atoms with van der Waals surface area (Å²) in [5.41, 5.74) is 4.51. The molecule has 0 aliphatic carbocycles. The van der Waals surface area contributed by atoms with Gasteiger partial charge in [-0.3, -0.25) is 9.69 Å². The van der Waals surface area contributed by atoms with Gasteiger partial charge >= 0.3 is 0 Å². The highest BCUT2D eigenvalue weighted by Crippen LogP contribution is 2.24. The van der Waals surface area contributed by atoms with Crippen molar-refractivity contribution in [2.24, 2.45) is 0 Å². The van der Waals surface area contributed by atoms with Crippen molar-refractivity contribution >= 4 is 5.91 Å². The molecular formula is C27H30N2O3. The normalized spacial score (nSPS) is 15.2. The van der Waals surface area contributed by atoms with Crippen LogP contribution in [0, 0.1) is 0 Å². The van der Waals surface area contributed by atoms with E-state index in [1.807, 2.05) is 42.5 Å². The number of carbonyl (C=O) groups is 1. The molecule has 32 heavy (non-hydrogen) atoms. The molecule has 0 bridgehead atoms. The van der Waals surface area contributed by atoms with Crippen LogP contribution in [0.4, 0.5) is 0 Å². The Kier molecular flexibility index (Phi) is 7.54. The number of methoxy groups -OCH3 is 1. The summed E-state index contributed by atoms with van der Waals surface area (Å²) < 4.78 is 10.8. The van der Waals surface area contributed by atoms with Gasteiger partial charge in [0.25, 0.3) is 0 Å². The first-order valence-corrected chi connectivity index (χ1v) is 11.1. The van der Waals surface area contributed by atoms with Crippen LogP contribution in [-0.4, -0.2) is 50.8 Å². The fourth-order valence-corrected chi connectivity index (χ4v) is 4.08. The van der Waals surface area contributed by atoms with Gasteiger partial charge in [0.2, 0.25) is 5.91 Å². The Bertz CT molecular complexity index is 982. The minimum absolute atomic E-state index is 0.0317. The second kappa shape index (κ2) is 10.9. The summed E-state index contributed by atoms with van der Waals surface area (Å²) in [5.74, 6) is 0.863. The summed E-state index contributed by atoms with van der Waals surface area (Å²) >= 11 is 0. The molecule has 1 fully saturated rings. The highest BCUT2D eigenvalue weighted by atomic mass is 16.5. The average molecular weight is 431 g/mol. The summed E-state index contributed by atoms with van der Waals surface area (Å²) in [5, 5.41) is 3.15. The number of benzene rings is 3. The molecule has 5 heteroatoms. The molecule has 1 aliphatic rings. The molecule has 1 N–H and O–H groups in total. The largest absolute Gasteiger partial charge is 0.497 e. The molecule has 1 heterocycles. The number of hydrogen-bond donors (Lipinski definition) is 1. The number of nitrogens with zero attached hydrogens (tertiary/aromatic N) is 1. The van der Waals surface area contributed by atoms with Gasteiger partial charge in [0.1, 0.15) is 5.75 Å². The number of hydrogen-bond acceptors (Lipinski definition) is 4. The Morgan fingerprint density at radius 3 is 2.25 bits per heavy atom. The molecule has 1 atom stereocenters. The van der Waals surface area contributed by atoms with Crippen LogP contribution in [0.25, 0.3) is 11.1 Å². The zero-order valence-corrected chi connectivity index (χ0v) is 18.5. The lowest BCUT2D eigenvalue weighted by atomic mass is 10.0. The van der Waals surface area contributed by atoms with Crippen molar-refractivity contribution in [3.8, 4) is 16.9 Å². The highest BCUT2D eigenvalue weighted by molar-refractivity contribution is 5.79. The van der Waals surface area contributed by atoms with Crippen molar-refractivity contribution in [3.05, 3.63) is 90.0 Å². The third-order valence-electron chi connectivity index (χ3n) is 5.91. The van der Waals surface area contributed by atoms with Crippen molar-refractivity contribution in [1.82, 2.24) is 10.2 Å². The van der Waals surface area contributed by atoms with Crippen LogP contribution < -0.4 is 10.1 Å². The predicted molar refractivity (Wildman–Crippen MR) is 127 cm³/mol. The predicted octanol–water partition coefficient (Wildman–Crippen LogP) is 4.09. The number of amides is 1.